The molecule has 3 heteroatoms. The van der Waals surface area contributed by atoms with E-state index in [1.807, 2.05) is 23.9 Å². The third kappa shape index (κ3) is 4.90. The molecule has 1 rings (SSSR count). The van der Waals surface area contributed by atoms with Crippen molar-refractivity contribution in [1.82, 2.24) is 0 Å². The summed E-state index contributed by atoms with van der Waals surface area (Å²) in [5.74, 6) is 2.05. The molecule has 1 unspecified atom stereocenters. The van der Waals surface area contributed by atoms with E-state index in [9.17, 15) is 0 Å². The number of nitrogens with two attached hydrogens (primary N) is 1. The van der Waals surface area contributed by atoms with Crippen LogP contribution >= 0.6 is 11.8 Å². The fraction of sp³-hybridized carbons (Fsp3) is 0.538. The number of benzene rings is 1. The highest BCUT2D eigenvalue weighted by Crippen LogP contribution is 2.22. The Morgan fingerprint density at radius 2 is 2.00 bits per heavy atom. The number of hydrogen-bond acceptors (Lipinski definition) is 3. The molecule has 1 aromatic carbocycles. The number of methoxy groups -OCH3 is 1. The summed E-state index contributed by atoms with van der Waals surface area (Å²) < 4.78 is 5.12. The molecule has 0 radical (unpaired) electrons. The topological polar surface area (TPSA) is 35.2 Å². The van der Waals surface area contributed by atoms with Gasteiger partial charge in [-0.25, -0.2) is 0 Å². The summed E-state index contributed by atoms with van der Waals surface area (Å²) in [5.41, 5.74) is 5.86. The van der Waals surface area contributed by atoms with Crippen molar-refractivity contribution in [3.8, 4) is 5.75 Å². The summed E-state index contributed by atoms with van der Waals surface area (Å²) in [6.07, 6.45) is 3.39. The molecular formula is C13H21NOS. The Kier molecular flexibility index (Phi) is 6.34. The Morgan fingerprint density at radius 1 is 1.31 bits per heavy atom. The van der Waals surface area contributed by atoms with Gasteiger partial charge in [0.2, 0.25) is 0 Å². The molecular weight excluding hydrogens is 218 g/mol. The number of rotatable bonds is 7. The van der Waals surface area contributed by atoms with Crippen LogP contribution in [-0.4, -0.2) is 18.9 Å². The maximum atomic E-state index is 5.86. The van der Waals surface area contributed by atoms with Gasteiger partial charge in [-0.3, -0.25) is 0 Å². The van der Waals surface area contributed by atoms with Crippen molar-refractivity contribution < 1.29 is 4.74 Å². The van der Waals surface area contributed by atoms with Crippen molar-refractivity contribution in [2.75, 3.05) is 12.9 Å². The minimum atomic E-state index is 0.372. The Balaban J connectivity index is 2.21. The normalized spacial score (nSPS) is 12.4. The SMILES string of the molecule is CCC(N)CCCSc1ccc(OC)cc1. The van der Waals surface area contributed by atoms with Crippen LogP contribution in [0.1, 0.15) is 26.2 Å². The van der Waals surface area contributed by atoms with Crippen LogP contribution in [0.15, 0.2) is 29.2 Å². The van der Waals surface area contributed by atoms with E-state index < -0.39 is 0 Å². The predicted molar refractivity (Wildman–Crippen MR) is 71.2 cm³/mol. The van der Waals surface area contributed by atoms with Gasteiger partial charge < -0.3 is 10.5 Å². The Bertz CT molecular complexity index is 286. The summed E-state index contributed by atoms with van der Waals surface area (Å²) >= 11 is 1.88. The third-order valence-corrected chi connectivity index (χ3v) is 3.67. The van der Waals surface area contributed by atoms with Crippen LogP contribution in [0.2, 0.25) is 0 Å². The summed E-state index contributed by atoms with van der Waals surface area (Å²) in [6, 6.07) is 8.57. The molecule has 1 atom stereocenters. The number of hydrogen-bond donors (Lipinski definition) is 1. The third-order valence-electron chi connectivity index (χ3n) is 2.57. The van der Waals surface area contributed by atoms with Crippen LogP contribution in [-0.2, 0) is 0 Å². The first kappa shape index (κ1) is 13.4. The van der Waals surface area contributed by atoms with Gasteiger partial charge in [0.1, 0.15) is 5.75 Å². The molecule has 2 nitrogen and oxygen atoms in total. The molecule has 0 fully saturated rings. The first-order valence-corrected chi connectivity index (χ1v) is 6.77. The zero-order valence-electron chi connectivity index (χ0n) is 10.1. The molecule has 90 valence electrons. The highest BCUT2D eigenvalue weighted by Gasteiger charge is 1.99. The number of ether oxygens (including phenoxy) is 1. The van der Waals surface area contributed by atoms with Crippen molar-refractivity contribution in [1.29, 1.82) is 0 Å². The summed E-state index contributed by atoms with van der Waals surface area (Å²) in [7, 11) is 1.69. The molecule has 16 heavy (non-hydrogen) atoms. The van der Waals surface area contributed by atoms with Gasteiger partial charge >= 0.3 is 0 Å². The van der Waals surface area contributed by atoms with Gasteiger partial charge in [-0.2, -0.15) is 0 Å². The molecule has 0 aromatic heterocycles. The molecule has 0 amide bonds. The van der Waals surface area contributed by atoms with E-state index in [1.54, 1.807) is 7.11 Å². The molecule has 2 N–H and O–H groups in total. The smallest absolute Gasteiger partial charge is 0.118 e. The second-order valence-electron chi connectivity index (χ2n) is 3.83. The zero-order chi connectivity index (χ0) is 11.8. The lowest BCUT2D eigenvalue weighted by Crippen LogP contribution is -2.18. The van der Waals surface area contributed by atoms with Crippen LogP contribution in [0.4, 0.5) is 0 Å². The molecule has 0 spiro atoms. The highest BCUT2D eigenvalue weighted by molar-refractivity contribution is 7.99. The second-order valence-corrected chi connectivity index (χ2v) is 5.00. The predicted octanol–water partition coefficient (Wildman–Crippen LogP) is 3.30. The zero-order valence-corrected chi connectivity index (χ0v) is 10.9. The average molecular weight is 239 g/mol. The van der Waals surface area contributed by atoms with Gasteiger partial charge in [0.05, 0.1) is 7.11 Å². The van der Waals surface area contributed by atoms with E-state index in [1.165, 1.54) is 11.3 Å². The van der Waals surface area contributed by atoms with E-state index in [2.05, 4.69) is 19.1 Å². The van der Waals surface area contributed by atoms with E-state index in [-0.39, 0.29) is 0 Å². The molecule has 0 aliphatic heterocycles. The molecule has 1 aromatic rings. The van der Waals surface area contributed by atoms with E-state index in [4.69, 9.17) is 10.5 Å². The Hall–Kier alpha value is -0.670. The molecule has 0 heterocycles. The molecule has 0 saturated heterocycles. The van der Waals surface area contributed by atoms with Crippen LogP contribution in [0.25, 0.3) is 0 Å². The molecule has 0 bridgehead atoms. The maximum Gasteiger partial charge on any atom is 0.118 e. The van der Waals surface area contributed by atoms with Crippen LogP contribution in [0.3, 0.4) is 0 Å². The van der Waals surface area contributed by atoms with E-state index in [0.717, 1.165) is 24.3 Å². The summed E-state index contributed by atoms with van der Waals surface area (Å²) in [6.45, 7) is 2.14. The lowest BCUT2D eigenvalue weighted by Gasteiger charge is -2.07. The minimum absolute atomic E-state index is 0.372. The highest BCUT2D eigenvalue weighted by atomic mass is 32.2. The standard InChI is InChI=1S/C13H21NOS/c1-3-11(14)5-4-10-16-13-8-6-12(15-2)7-9-13/h6-9,11H,3-5,10,14H2,1-2H3. The largest absolute Gasteiger partial charge is 0.497 e. The van der Waals surface area contributed by atoms with Crippen molar-refractivity contribution in [3.63, 3.8) is 0 Å². The van der Waals surface area contributed by atoms with Crippen molar-refractivity contribution in [2.45, 2.75) is 37.1 Å². The summed E-state index contributed by atoms with van der Waals surface area (Å²) in [5, 5.41) is 0. The molecule has 0 aliphatic rings. The minimum Gasteiger partial charge on any atom is -0.497 e. The van der Waals surface area contributed by atoms with Gasteiger partial charge in [0.15, 0.2) is 0 Å². The van der Waals surface area contributed by atoms with Gasteiger partial charge in [0, 0.05) is 10.9 Å². The van der Waals surface area contributed by atoms with Gasteiger partial charge in [-0.05, 0) is 49.3 Å². The number of thioether (sulfide) groups is 1. The van der Waals surface area contributed by atoms with E-state index >= 15 is 0 Å². The average Bonchev–Trinajstić information content (AvgIpc) is 2.35. The molecule has 0 aliphatic carbocycles. The fourth-order valence-corrected chi connectivity index (χ4v) is 2.29. The first-order valence-electron chi connectivity index (χ1n) is 5.78. The van der Waals surface area contributed by atoms with Crippen LogP contribution in [0.5, 0.6) is 5.75 Å². The second kappa shape index (κ2) is 7.58. The Morgan fingerprint density at radius 3 is 2.56 bits per heavy atom. The maximum absolute atomic E-state index is 5.86. The lowest BCUT2D eigenvalue weighted by atomic mass is 10.1. The fourth-order valence-electron chi connectivity index (χ4n) is 1.41. The monoisotopic (exact) mass is 239 g/mol. The van der Waals surface area contributed by atoms with Gasteiger partial charge in [-0.15, -0.1) is 11.8 Å². The summed E-state index contributed by atoms with van der Waals surface area (Å²) in [4.78, 5) is 1.30. The lowest BCUT2D eigenvalue weighted by molar-refractivity contribution is 0.414. The Labute approximate surface area is 103 Å². The van der Waals surface area contributed by atoms with Crippen LogP contribution < -0.4 is 10.5 Å². The van der Waals surface area contributed by atoms with Crippen molar-refractivity contribution in [2.24, 2.45) is 5.73 Å². The quantitative estimate of drug-likeness (QED) is 0.585. The van der Waals surface area contributed by atoms with Gasteiger partial charge in [0.25, 0.3) is 0 Å². The first-order chi connectivity index (χ1) is 7.76. The van der Waals surface area contributed by atoms with Crippen molar-refractivity contribution in [3.05, 3.63) is 24.3 Å². The van der Waals surface area contributed by atoms with Gasteiger partial charge in [-0.1, -0.05) is 6.92 Å². The van der Waals surface area contributed by atoms with E-state index in [0.29, 0.717) is 6.04 Å². The molecule has 0 saturated carbocycles. The van der Waals surface area contributed by atoms with Crippen molar-refractivity contribution >= 4 is 11.8 Å². The van der Waals surface area contributed by atoms with Crippen LogP contribution in [0, 0.1) is 0 Å².